The van der Waals surface area contributed by atoms with E-state index in [0.29, 0.717) is 18.9 Å². The van der Waals surface area contributed by atoms with Gasteiger partial charge in [0, 0.05) is 44.7 Å². The van der Waals surface area contributed by atoms with Crippen LogP contribution in [0.2, 0.25) is 0 Å². The van der Waals surface area contributed by atoms with Gasteiger partial charge in [-0.15, -0.1) is 0 Å². The Morgan fingerprint density at radius 1 is 1.56 bits per heavy atom. The van der Waals surface area contributed by atoms with Crippen LogP contribution in [0.3, 0.4) is 0 Å². The van der Waals surface area contributed by atoms with Crippen LogP contribution in [0, 0.1) is 0 Å². The highest BCUT2D eigenvalue weighted by atomic mass is 16.5. The lowest BCUT2D eigenvalue weighted by molar-refractivity contribution is -0.133. The molecule has 2 heterocycles. The van der Waals surface area contributed by atoms with E-state index < -0.39 is 0 Å². The molecule has 0 unspecified atom stereocenters. The minimum atomic E-state index is 0.172. The van der Waals surface area contributed by atoms with E-state index in [1.807, 2.05) is 4.90 Å². The summed E-state index contributed by atoms with van der Waals surface area (Å²) in [5.41, 5.74) is 0.988. The number of amides is 1. The fourth-order valence-electron chi connectivity index (χ4n) is 2.31. The van der Waals surface area contributed by atoms with Crippen LogP contribution in [0.1, 0.15) is 30.9 Å². The first-order chi connectivity index (χ1) is 8.81. The van der Waals surface area contributed by atoms with Crippen molar-refractivity contribution in [3.63, 3.8) is 0 Å². The summed E-state index contributed by atoms with van der Waals surface area (Å²) < 4.78 is 4.94. The molecule has 98 valence electrons. The Bertz CT molecular complexity index is 383. The standard InChI is InChI=1S/C13H19N3O2/c1-18-8-4-13(17)16-7-2-3-11(10-16)12-9-14-5-6-15-12/h5-6,9,11H,2-4,7-8,10H2,1H3/t11-/m1/s1. The Labute approximate surface area is 107 Å². The van der Waals surface area contributed by atoms with Crippen molar-refractivity contribution in [2.75, 3.05) is 26.8 Å². The second-order valence-corrected chi connectivity index (χ2v) is 4.55. The summed E-state index contributed by atoms with van der Waals surface area (Å²) in [4.78, 5) is 22.3. The third-order valence-electron chi connectivity index (χ3n) is 3.30. The molecule has 1 fully saturated rings. The molecule has 0 aliphatic carbocycles. The third-order valence-corrected chi connectivity index (χ3v) is 3.30. The van der Waals surface area contributed by atoms with Crippen LogP contribution < -0.4 is 0 Å². The molecule has 0 aromatic carbocycles. The van der Waals surface area contributed by atoms with Crippen molar-refractivity contribution in [1.82, 2.24) is 14.9 Å². The van der Waals surface area contributed by atoms with Gasteiger partial charge in [0.1, 0.15) is 0 Å². The SMILES string of the molecule is COCCC(=O)N1CCC[C@@H](c2cnccn2)C1. The van der Waals surface area contributed by atoms with Gasteiger partial charge in [-0.25, -0.2) is 0 Å². The molecule has 1 amide bonds. The third kappa shape index (κ3) is 3.26. The molecule has 2 rings (SSSR count). The molecule has 5 nitrogen and oxygen atoms in total. The lowest BCUT2D eigenvalue weighted by Crippen LogP contribution is -2.39. The zero-order valence-electron chi connectivity index (χ0n) is 10.7. The highest BCUT2D eigenvalue weighted by Crippen LogP contribution is 2.25. The first kappa shape index (κ1) is 13.0. The number of likely N-dealkylation sites (tertiary alicyclic amines) is 1. The van der Waals surface area contributed by atoms with Crippen molar-refractivity contribution in [2.24, 2.45) is 0 Å². The van der Waals surface area contributed by atoms with Gasteiger partial charge in [-0.1, -0.05) is 0 Å². The van der Waals surface area contributed by atoms with Crippen LogP contribution in [0.5, 0.6) is 0 Å². The molecule has 0 spiro atoms. The van der Waals surface area contributed by atoms with Gasteiger partial charge in [0.05, 0.1) is 18.7 Å². The van der Waals surface area contributed by atoms with Crippen LogP contribution in [-0.4, -0.2) is 47.6 Å². The van der Waals surface area contributed by atoms with E-state index in [9.17, 15) is 4.79 Å². The van der Waals surface area contributed by atoms with Gasteiger partial charge in [-0.2, -0.15) is 0 Å². The summed E-state index contributed by atoms with van der Waals surface area (Å²) in [6.07, 6.45) is 7.75. The van der Waals surface area contributed by atoms with Crippen molar-refractivity contribution >= 4 is 5.91 Å². The molecule has 1 atom stereocenters. The molecule has 0 bridgehead atoms. The summed E-state index contributed by atoms with van der Waals surface area (Å²) in [7, 11) is 1.62. The van der Waals surface area contributed by atoms with Crippen LogP contribution >= 0.6 is 0 Å². The van der Waals surface area contributed by atoms with Crippen molar-refractivity contribution in [3.05, 3.63) is 24.3 Å². The first-order valence-electron chi connectivity index (χ1n) is 6.34. The van der Waals surface area contributed by atoms with E-state index in [2.05, 4.69) is 9.97 Å². The minimum Gasteiger partial charge on any atom is -0.384 e. The smallest absolute Gasteiger partial charge is 0.224 e. The summed E-state index contributed by atoms with van der Waals surface area (Å²) >= 11 is 0. The van der Waals surface area contributed by atoms with E-state index in [1.54, 1.807) is 25.7 Å². The molecular weight excluding hydrogens is 230 g/mol. The maximum atomic E-state index is 11.9. The predicted molar refractivity (Wildman–Crippen MR) is 67.1 cm³/mol. The number of methoxy groups -OCH3 is 1. The average Bonchev–Trinajstić information content (AvgIpc) is 2.46. The molecule has 1 aliphatic heterocycles. The number of carbonyl (C=O) groups is 1. The monoisotopic (exact) mass is 249 g/mol. The van der Waals surface area contributed by atoms with Crippen LogP contribution in [-0.2, 0) is 9.53 Å². The Kier molecular flexibility index (Phi) is 4.64. The summed E-state index contributed by atoms with van der Waals surface area (Å²) in [6, 6.07) is 0. The molecule has 0 N–H and O–H groups in total. The maximum absolute atomic E-state index is 11.9. The van der Waals surface area contributed by atoms with E-state index in [0.717, 1.165) is 31.6 Å². The quantitative estimate of drug-likeness (QED) is 0.805. The number of piperidine rings is 1. The van der Waals surface area contributed by atoms with Crippen LogP contribution in [0.25, 0.3) is 0 Å². The van der Waals surface area contributed by atoms with Gasteiger partial charge in [-0.05, 0) is 12.8 Å². The van der Waals surface area contributed by atoms with Crippen molar-refractivity contribution < 1.29 is 9.53 Å². The van der Waals surface area contributed by atoms with Gasteiger partial charge >= 0.3 is 0 Å². The second-order valence-electron chi connectivity index (χ2n) is 4.55. The van der Waals surface area contributed by atoms with Crippen molar-refractivity contribution in [1.29, 1.82) is 0 Å². The summed E-state index contributed by atoms with van der Waals surface area (Å²) in [5, 5.41) is 0. The first-order valence-corrected chi connectivity index (χ1v) is 6.34. The lowest BCUT2D eigenvalue weighted by Gasteiger charge is -2.32. The molecule has 0 radical (unpaired) electrons. The fraction of sp³-hybridized carbons (Fsp3) is 0.615. The largest absolute Gasteiger partial charge is 0.384 e. The number of hydrogen-bond donors (Lipinski definition) is 0. The van der Waals surface area contributed by atoms with Crippen molar-refractivity contribution in [3.8, 4) is 0 Å². The Hall–Kier alpha value is -1.49. The molecule has 1 aromatic rings. The molecular formula is C13H19N3O2. The fourth-order valence-corrected chi connectivity index (χ4v) is 2.31. The van der Waals surface area contributed by atoms with Crippen molar-refractivity contribution in [2.45, 2.75) is 25.2 Å². The maximum Gasteiger partial charge on any atom is 0.224 e. The van der Waals surface area contributed by atoms with Gasteiger partial charge in [0.2, 0.25) is 5.91 Å². The van der Waals surface area contributed by atoms with Crippen LogP contribution in [0.15, 0.2) is 18.6 Å². The van der Waals surface area contributed by atoms with E-state index in [-0.39, 0.29) is 5.91 Å². The van der Waals surface area contributed by atoms with E-state index in [1.165, 1.54) is 0 Å². The summed E-state index contributed by atoms with van der Waals surface area (Å²) in [6.45, 7) is 2.09. The Morgan fingerprint density at radius 2 is 2.44 bits per heavy atom. The molecule has 1 saturated heterocycles. The van der Waals surface area contributed by atoms with Gasteiger partial charge in [0.15, 0.2) is 0 Å². The summed E-state index contributed by atoms with van der Waals surface area (Å²) in [5.74, 6) is 0.490. The molecule has 1 aromatic heterocycles. The molecule has 1 aliphatic rings. The number of ether oxygens (including phenoxy) is 1. The van der Waals surface area contributed by atoms with Crippen LogP contribution in [0.4, 0.5) is 0 Å². The molecule has 0 saturated carbocycles. The lowest BCUT2D eigenvalue weighted by atomic mass is 9.95. The number of carbonyl (C=O) groups excluding carboxylic acids is 1. The Morgan fingerprint density at radius 3 is 3.17 bits per heavy atom. The van der Waals surface area contributed by atoms with Gasteiger partial charge < -0.3 is 9.64 Å². The molecule has 18 heavy (non-hydrogen) atoms. The zero-order valence-corrected chi connectivity index (χ0v) is 10.7. The highest BCUT2D eigenvalue weighted by Gasteiger charge is 2.25. The number of hydrogen-bond acceptors (Lipinski definition) is 4. The Balaban J connectivity index is 1.94. The second kappa shape index (κ2) is 6.44. The van der Waals surface area contributed by atoms with Gasteiger partial charge in [-0.3, -0.25) is 14.8 Å². The number of rotatable bonds is 4. The number of aromatic nitrogens is 2. The van der Waals surface area contributed by atoms with E-state index >= 15 is 0 Å². The minimum absolute atomic E-state index is 0.172. The highest BCUT2D eigenvalue weighted by molar-refractivity contribution is 5.76. The zero-order chi connectivity index (χ0) is 12.8. The van der Waals surface area contributed by atoms with E-state index in [4.69, 9.17) is 4.74 Å². The molecule has 5 heteroatoms. The normalized spacial score (nSPS) is 19.8. The average molecular weight is 249 g/mol. The van der Waals surface area contributed by atoms with Gasteiger partial charge in [0.25, 0.3) is 0 Å². The number of nitrogens with zero attached hydrogens (tertiary/aromatic N) is 3. The topological polar surface area (TPSA) is 55.3 Å². The predicted octanol–water partition coefficient (Wildman–Crippen LogP) is 1.22.